The van der Waals surface area contributed by atoms with Crippen molar-refractivity contribution >= 4 is 53.3 Å². The SMILES string of the molecule is CC(CN=C(N)N1CCSCC1)Oc1ccccc1Cl.I. The summed E-state index contributed by atoms with van der Waals surface area (Å²) in [5.74, 6) is 3.52. The van der Waals surface area contributed by atoms with Crippen molar-refractivity contribution in [3.63, 3.8) is 0 Å². The van der Waals surface area contributed by atoms with Crippen molar-refractivity contribution < 1.29 is 4.74 Å². The fourth-order valence-corrected chi connectivity index (χ4v) is 2.99. The molecule has 1 fully saturated rings. The van der Waals surface area contributed by atoms with Gasteiger partial charge in [0.2, 0.25) is 0 Å². The smallest absolute Gasteiger partial charge is 0.191 e. The maximum absolute atomic E-state index is 6.06. The Morgan fingerprint density at radius 3 is 2.76 bits per heavy atom. The van der Waals surface area contributed by atoms with Crippen LogP contribution in [-0.2, 0) is 0 Å². The van der Waals surface area contributed by atoms with Gasteiger partial charge in [-0.05, 0) is 19.1 Å². The van der Waals surface area contributed by atoms with Crippen LogP contribution >= 0.6 is 47.3 Å². The Morgan fingerprint density at radius 2 is 2.10 bits per heavy atom. The van der Waals surface area contributed by atoms with E-state index < -0.39 is 0 Å². The van der Waals surface area contributed by atoms with Crippen molar-refractivity contribution in [2.24, 2.45) is 10.7 Å². The molecule has 118 valence electrons. The van der Waals surface area contributed by atoms with Crippen molar-refractivity contribution in [2.45, 2.75) is 13.0 Å². The molecule has 0 saturated carbocycles. The number of nitrogens with two attached hydrogens (primary N) is 1. The van der Waals surface area contributed by atoms with Crippen LogP contribution in [-0.4, -0.2) is 48.1 Å². The van der Waals surface area contributed by atoms with Crippen LogP contribution in [0, 0.1) is 0 Å². The third kappa shape index (κ3) is 6.12. The first-order valence-corrected chi connectivity index (χ1v) is 8.24. The topological polar surface area (TPSA) is 50.8 Å². The maximum Gasteiger partial charge on any atom is 0.191 e. The number of benzene rings is 1. The molecule has 0 aliphatic carbocycles. The highest BCUT2D eigenvalue weighted by molar-refractivity contribution is 14.0. The number of nitrogens with zero attached hydrogens (tertiary/aromatic N) is 2. The van der Waals surface area contributed by atoms with Gasteiger partial charge in [-0.3, -0.25) is 0 Å². The summed E-state index contributed by atoms with van der Waals surface area (Å²) < 4.78 is 5.77. The number of para-hydroxylation sites is 1. The molecule has 1 saturated heterocycles. The molecule has 1 heterocycles. The zero-order valence-corrected chi connectivity index (χ0v) is 15.9. The van der Waals surface area contributed by atoms with E-state index >= 15 is 0 Å². The van der Waals surface area contributed by atoms with Crippen LogP contribution in [0.2, 0.25) is 5.02 Å². The van der Waals surface area contributed by atoms with E-state index in [1.807, 2.05) is 43.0 Å². The third-order valence-corrected chi connectivity index (χ3v) is 4.27. The van der Waals surface area contributed by atoms with Crippen molar-refractivity contribution in [3.8, 4) is 5.75 Å². The van der Waals surface area contributed by atoms with Gasteiger partial charge < -0.3 is 15.4 Å². The Kier molecular flexibility index (Phi) is 8.58. The molecule has 2 rings (SSSR count). The predicted molar refractivity (Wildman–Crippen MR) is 102 cm³/mol. The van der Waals surface area contributed by atoms with Gasteiger partial charge in [0, 0.05) is 24.6 Å². The Labute approximate surface area is 152 Å². The van der Waals surface area contributed by atoms with E-state index in [4.69, 9.17) is 22.1 Å². The van der Waals surface area contributed by atoms with Gasteiger partial charge >= 0.3 is 0 Å². The number of rotatable bonds is 4. The molecular formula is C14H21ClIN3OS. The number of thioether (sulfide) groups is 1. The average molecular weight is 442 g/mol. The number of halogens is 2. The van der Waals surface area contributed by atoms with Crippen LogP contribution in [0.15, 0.2) is 29.3 Å². The molecule has 0 bridgehead atoms. The lowest BCUT2D eigenvalue weighted by Gasteiger charge is -2.27. The number of guanidine groups is 1. The first kappa shape index (κ1) is 18.7. The van der Waals surface area contributed by atoms with Gasteiger partial charge in [-0.1, -0.05) is 23.7 Å². The average Bonchev–Trinajstić information content (AvgIpc) is 2.48. The monoisotopic (exact) mass is 441 g/mol. The summed E-state index contributed by atoms with van der Waals surface area (Å²) in [7, 11) is 0. The van der Waals surface area contributed by atoms with Gasteiger partial charge in [-0.2, -0.15) is 11.8 Å². The fourth-order valence-electron chi connectivity index (χ4n) is 1.91. The zero-order chi connectivity index (χ0) is 14.4. The summed E-state index contributed by atoms with van der Waals surface area (Å²) in [6, 6.07) is 7.45. The van der Waals surface area contributed by atoms with Crippen LogP contribution in [0.25, 0.3) is 0 Å². The summed E-state index contributed by atoms with van der Waals surface area (Å²) in [5.41, 5.74) is 6.01. The van der Waals surface area contributed by atoms with Gasteiger partial charge in [-0.15, -0.1) is 24.0 Å². The Morgan fingerprint density at radius 1 is 1.43 bits per heavy atom. The summed E-state index contributed by atoms with van der Waals surface area (Å²) in [6.07, 6.45) is -0.0624. The van der Waals surface area contributed by atoms with Crippen molar-refractivity contribution in [2.75, 3.05) is 31.1 Å². The van der Waals surface area contributed by atoms with Crippen LogP contribution in [0.5, 0.6) is 5.75 Å². The number of aliphatic imine (C=N–C) groups is 1. The van der Waals surface area contributed by atoms with E-state index in [0.29, 0.717) is 23.3 Å². The summed E-state index contributed by atoms with van der Waals surface area (Å²) in [6.45, 7) is 4.44. The second kappa shape index (κ2) is 9.63. The molecule has 1 unspecified atom stereocenters. The molecule has 1 aromatic carbocycles. The summed E-state index contributed by atoms with van der Waals surface area (Å²) in [5, 5.41) is 0.615. The van der Waals surface area contributed by atoms with E-state index in [1.165, 1.54) is 0 Å². The molecule has 1 atom stereocenters. The Bertz CT molecular complexity index is 469. The first-order chi connectivity index (χ1) is 9.66. The van der Waals surface area contributed by atoms with Crippen LogP contribution in [0.3, 0.4) is 0 Å². The molecule has 7 heteroatoms. The Balaban J connectivity index is 0.00000220. The quantitative estimate of drug-likeness (QED) is 0.443. The van der Waals surface area contributed by atoms with E-state index in [1.54, 1.807) is 0 Å². The lowest BCUT2D eigenvalue weighted by Crippen LogP contribution is -2.43. The molecule has 4 nitrogen and oxygen atoms in total. The number of ether oxygens (including phenoxy) is 1. The van der Waals surface area contributed by atoms with Gasteiger partial charge in [0.15, 0.2) is 5.96 Å². The molecule has 0 spiro atoms. The van der Waals surface area contributed by atoms with E-state index in [9.17, 15) is 0 Å². The van der Waals surface area contributed by atoms with E-state index in [2.05, 4.69) is 9.89 Å². The molecule has 0 radical (unpaired) electrons. The minimum absolute atomic E-state index is 0. The highest BCUT2D eigenvalue weighted by Crippen LogP contribution is 2.24. The second-order valence-electron chi connectivity index (χ2n) is 4.66. The predicted octanol–water partition coefficient (Wildman–Crippen LogP) is 3.09. The number of hydrogen-bond acceptors (Lipinski definition) is 3. The van der Waals surface area contributed by atoms with Crippen molar-refractivity contribution in [1.82, 2.24) is 4.90 Å². The van der Waals surface area contributed by atoms with Gasteiger partial charge in [0.05, 0.1) is 11.6 Å². The highest BCUT2D eigenvalue weighted by atomic mass is 127. The van der Waals surface area contributed by atoms with Crippen LogP contribution in [0.1, 0.15) is 6.92 Å². The molecule has 0 aromatic heterocycles. The molecule has 0 amide bonds. The first-order valence-electron chi connectivity index (χ1n) is 6.70. The normalized spacial score (nSPS) is 17.0. The van der Waals surface area contributed by atoms with Crippen LogP contribution in [0.4, 0.5) is 0 Å². The minimum Gasteiger partial charge on any atom is -0.487 e. The van der Waals surface area contributed by atoms with Crippen molar-refractivity contribution in [3.05, 3.63) is 29.3 Å². The summed E-state index contributed by atoms with van der Waals surface area (Å²) in [4.78, 5) is 6.54. The van der Waals surface area contributed by atoms with E-state index in [0.717, 1.165) is 24.6 Å². The standard InChI is InChI=1S/C14H20ClN3OS.HI/c1-11(19-13-5-3-2-4-12(13)15)10-17-14(16)18-6-8-20-9-7-18;/h2-5,11H,6-10H2,1H3,(H2,16,17);1H. The largest absolute Gasteiger partial charge is 0.487 e. The maximum atomic E-state index is 6.06. The fraction of sp³-hybridized carbons (Fsp3) is 0.500. The summed E-state index contributed by atoms with van der Waals surface area (Å²) >= 11 is 8.01. The molecule has 2 N–H and O–H groups in total. The van der Waals surface area contributed by atoms with Gasteiger partial charge in [0.25, 0.3) is 0 Å². The van der Waals surface area contributed by atoms with Crippen LogP contribution < -0.4 is 10.5 Å². The number of hydrogen-bond donors (Lipinski definition) is 1. The molecule has 1 aliphatic heterocycles. The van der Waals surface area contributed by atoms with Crippen molar-refractivity contribution in [1.29, 1.82) is 0 Å². The second-order valence-corrected chi connectivity index (χ2v) is 6.29. The molecule has 1 aliphatic rings. The minimum atomic E-state index is -0.0624. The van der Waals surface area contributed by atoms with E-state index in [-0.39, 0.29) is 30.1 Å². The molecule has 1 aromatic rings. The zero-order valence-electron chi connectivity index (χ0n) is 12.0. The molecule has 21 heavy (non-hydrogen) atoms. The lowest BCUT2D eigenvalue weighted by molar-refractivity contribution is 0.230. The highest BCUT2D eigenvalue weighted by Gasteiger charge is 2.13. The lowest BCUT2D eigenvalue weighted by atomic mass is 10.3. The van der Waals surface area contributed by atoms with Gasteiger partial charge in [-0.25, -0.2) is 4.99 Å². The molecular weight excluding hydrogens is 421 g/mol. The third-order valence-electron chi connectivity index (χ3n) is 3.01. The Hall–Kier alpha value is -0.340. The van der Waals surface area contributed by atoms with Gasteiger partial charge in [0.1, 0.15) is 11.9 Å².